The minimum absolute atomic E-state index is 0.471. The van der Waals surface area contributed by atoms with E-state index in [1.165, 1.54) is 11.1 Å². The van der Waals surface area contributed by atoms with Crippen LogP contribution in [0.5, 0.6) is 0 Å². The lowest BCUT2D eigenvalue weighted by Gasteiger charge is -2.23. The van der Waals surface area contributed by atoms with Crippen LogP contribution in [-0.4, -0.2) is 19.1 Å². The number of rotatable bonds is 6. The molecule has 0 radical (unpaired) electrons. The first-order chi connectivity index (χ1) is 8.19. The molecule has 0 bridgehead atoms. The van der Waals surface area contributed by atoms with E-state index in [0.29, 0.717) is 12.3 Å². The number of carbonyl (C=O) groups is 1. The summed E-state index contributed by atoms with van der Waals surface area (Å²) in [6, 6.07) is 0. The second-order valence-electron chi connectivity index (χ2n) is 4.49. The molecule has 17 heavy (non-hydrogen) atoms. The summed E-state index contributed by atoms with van der Waals surface area (Å²) in [4.78, 5) is 15.2. The molecule has 0 saturated heterocycles. The van der Waals surface area contributed by atoms with E-state index in [1.54, 1.807) is 7.11 Å². The molecule has 1 aliphatic carbocycles. The van der Waals surface area contributed by atoms with Crippen molar-refractivity contribution in [1.29, 1.82) is 0 Å². The van der Waals surface area contributed by atoms with Crippen molar-refractivity contribution in [2.75, 3.05) is 7.11 Å². The number of nitrogens with zero attached hydrogens (tertiary/aromatic N) is 1. The zero-order valence-electron chi connectivity index (χ0n) is 10.7. The van der Waals surface area contributed by atoms with Crippen LogP contribution in [0.4, 0.5) is 0 Å². The Morgan fingerprint density at radius 2 is 2.47 bits per heavy atom. The lowest BCUT2D eigenvalue weighted by atomic mass is 9.83. The van der Waals surface area contributed by atoms with Crippen LogP contribution < -0.4 is 0 Å². The molecule has 1 aliphatic rings. The third-order valence-electron chi connectivity index (χ3n) is 3.13. The zero-order chi connectivity index (χ0) is 12.7. The number of hydrogen-bond donors (Lipinski definition) is 0. The van der Waals surface area contributed by atoms with Crippen LogP contribution in [0.2, 0.25) is 0 Å². The van der Waals surface area contributed by atoms with Crippen LogP contribution in [-0.2, 0) is 9.63 Å². The highest BCUT2D eigenvalue weighted by Crippen LogP contribution is 2.28. The van der Waals surface area contributed by atoms with Crippen LogP contribution in [0, 0.1) is 5.92 Å². The Morgan fingerprint density at radius 1 is 1.71 bits per heavy atom. The first-order valence-corrected chi connectivity index (χ1v) is 6.07. The van der Waals surface area contributed by atoms with Crippen LogP contribution in [0.1, 0.15) is 39.0 Å². The molecule has 0 aromatic carbocycles. The molecular weight excluding hydrogens is 214 g/mol. The van der Waals surface area contributed by atoms with Gasteiger partial charge in [0.15, 0.2) is 0 Å². The summed E-state index contributed by atoms with van der Waals surface area (Å²) < 4.78 is 0. The Balaban J connectivity index is 2.69. The van der Waals surface area contributed by atoms with Crippen molar-refractivity contribution in [3.05, 3.63) is 23.8 Å². The molecule has 0 aromatic rings. The molecule has 1 atom stereocenters. The van der Waals surface area contributed by atoms with E-state index in [9.17, 15) is 4.79 Å². The van der Waals surface area contributed by atoms with E-state index in [-0.39, 0.29) is 0 Å². The molecule has 0 aromatic heterocycles. The quantitative estimate of drug-likeness (QED) is 0.307. The van der Waals surface area contributed by atoms with Gasteiger partial charge in [0.2, 0.25) is 0 Å². The summed E-state index contributed by atoms with van der Waals surface area (Å²) in [7, 11) is 1.57. The lowest BCUT2D eigenvalue weighted by molar-refractivity contribution is -0.107. The summed E-state index contributed by atoms with van der Waals surface area (Å²) >= 11 is 0. The van der Waals surface area contributed by atoms with E-state index in [2.05, 4.69) is 24.7 Å². The average molecular weight is 235 g/mol. The van der Waals surface area contributed by atoms with Crippen molar-refractivity contribution in [2.24, 2.45) is 11.1 Å². The molecule has 0 N–H and O–H groups in total. The summed E-state index contributed by atoms with van der Waals surface area (Å²) in [6.07, 6.45) is 7.50. The number of hydrogen-bond acceptors (Lipinski definition) is 3. The topological polar surface area (TPSA) is 38.7 Å². The number of unbranched alkanes of at least 4 members (excludes halogenated alkanes) is 1. The van der Waals surface area contributed by atoms with Gasteiger partial charge in [-0.3, -0.25) is 0 Å². The number of oxime groups is 1. The Bertz CT molecular complexity index is 342. The van der Waals surface area contributed by atoms with Gasteiger partial charge in [0, 0.05) is 12.8 Å². The van der Waals surface area contributed by atoms with Crippen LogP contribution in [0.15, 0.2) is 29.0 Å². The van der Waals surface area contributed by atoms with Crippen LogP contribution in [0.25, 0.3) is 0 Å². The standard InChI is InChI=1S/C14H21NO2/c1-11(2)13-8-7-12(6-4-5-9-16)14(10-13)15-17-3/h7,9,13H,1,4-6,8,10H2,2-3H3/b15-14+. The summed E-state index contributed by atoms with van der Waals surface area (Å²) in [6.45, 7) is 6.06. The maximum absolute atomic E-state index is 10.3. The monoisotopic (exact) mass is 235 g/mol. The molecule has 3 heteroatoms. The first kappa shape index (κ1) is 13.7. The van der Waals surface area contributed by atoms with Crippen molar-refractivity contribution in [2.45, 2.75) is 39.0 Å². The molecule has 0 aliphatic heterocycles. The van der Waals surface area contributed by atoms with Gasteiger partial charge in [-0.1, -0.05) is 23.4 Å². The lowest BCUT2D eigenvalue weighted by Crippen LogP contribution is -2.17. The van der Waals surface area contributed by atoms with E-state index >= 15 is 0 Å². The zero-order valence-corrected chi connectivity index (χ0v) is 10.7. The van der Waals surface area contributed by atoms with E-state index in [0.717, 1.165) is 37.7 Å². The van der Waals surface area contributed by atoms with Gasteiger partial charge in [0.05, 0.1) is 5.71 Å². The van der Waals surface area contributed by atoms with Crippen LogP contribution >= 0.6 is 0 Å². The molecule has 3 nitrogen and oxygen atoms in total. The second kappa shape index (κ2) is 7.05. The van der Waals surface area contributed by atoms with Crippen molar-refractivity contribution < 1.29 is 9.63 Å². The van der Waals surface area contributed by atoms with E-state index in [4.69, 9.17) is 4.84 Å². The molecule has 0 amide bonds. The summed E-state index contributed by atoms with van der Waals surface area (Å²) in [5.41, 5.74) is 3.43. The third-order valence-corrected chi connectivity index (χ3v) is 3.13. The summed E-state index contributed by atoms with van der Waals surface area (Å²) in [5, 5.41) is 4.10. The SMILES string of the molecule is C=C(C)C1CC=C(CCCC=O)/C(=N/OC)C1. The van der Waals surface area contributed by atoms with Gasteiger partial charge >= 0.3 is 0 Å². The molecule has 0 heterocycles. The highest BCUT2D eigenvalue weighted by molar-refractivity contribution is 6.00. The van der Waals surface area contributed by atoms with Gasteiger partial charge in [0.25, 0.3) is 0 Å². The number of aldehydes is 1. The van der Waals surface area contributed by atoms with Gasteiger partial charge in [-0.25, -0.2) is 0 Å². The molecule has 1 unspecified atom stereocenters. The molecule has 94 valence electrons. The largest absolute Gasteiger partial charge is 0.399 e. The van der Waals surface area contributed by atoms with Crippen molar-refractivity contribution in [3.8, 4) is 0 Å². The van der Waals surface area contributed by atoms with Gasteiger partial charge in [-0.05, 0) is 37.7 Å². The predicted molar refractivity (Wildman–Crippen MR) is 70.0 cm³/mol. The Morgan fingerprint density at radius 3 is 3.06 bits per heavy atom. The molecule has 1 rings (SSSR count). The highest BCUT2D eigenvalue weighted by Gasteiger charge is 2.20. The fraction of sp³-hybridized carbons (Fsp3) is 0.571. The maximum atomic E-state index is 10.3. The smallest absolute Gasteiger partial charge is 0.120 e. The maximum Gasteiger partial charge on any atom is 0.120 e. The van der Waals surface area contributed by atoms with Gasteiger partial charge in [-0.15, -0.1) is 0 Å². The van der Waals surface area contributed by atoms with E-state index in [1.807, 2.05) is 0 Å². The molecule has 0 saturated carbocycles. The van der Waals surface area contributed by atoms with Gasteiger partial charge in [-0.2, -0.15) is 0 Å². The minimum Gasteiger partial charge on any atom is -0.399 e. The Hall–Kier alpha value is -1.38. The summed E-state index contributed by atoms with van der Waals surface area (Å²) in [5.74, 6) is 0.471. The number of carbonyl (C=O) groups excluding carboxylic acids is 1. The fourth-order valence-electron chi connectivity index (χ4n) is 2.05. The normalized spacial score (nSPS) is 22.1. The highest BCUT2D eigenvalue weighted by atomic mass is 16.6. The van der Waals surface area contributed by atoms with E-state index < -0.39 is 0 Å². The minimum atomic E-state index is 0.471. The molecular formula is C14H21NO2. The average Bonchev–Trinajstić information content (AvgIpc) is 2.31. The molecule has 0 fully saturated rings. The van der Waals surface area contributed by atoms with Gasteiger partial charge in [0.1, 0.15) is 13.4 Å². The first-order valence-electron chi connectivity index (χ1n) is 6.07. The second-order valence-corrected chi connectivity index (χ2v) is 4.49. The van der Waals surface area contributed by atoms with Gasteiger partial charge < -0.3 is 9.63 Å². The third kappa shape index (κ3) is 4.17. The molecule has 0 spiro atoms. The van der Waals surface area contributed by atoms with Crippen LogP contribution in [0.3, 0.4) is 0 Å². The van der Waals surface area contributed by atoms with Crippen molar-refractivity contribution in [1.82, 2.24) is 0 Å². The Kier molecular flexibility index (Phi) is 5.67. The van der Waals surface area contributed by atoms with Crippen molar-refractivity contribution >= 4 is 12.0 Å². The predicted octanol–water partition coefficient (Wildman–Crippen LogP) is 3.27. The fourth-order valence-corrected chi connectivity index (χ4v) is 2.05. The van der Waals surface area contributed by atoms with Crippen molar-refractivity contribution in [3.63, 3.8) is 0 Å². The Labute approximate surface area is 103 Å². The number of allylic oxidation sites excluding steroid dienone is 3.